The second kappa shape index (κ2) is 15.4. The number of hydrogen-bond donors (Lipinski definition) is 3. The first-order chi connectivity index (χ1) is 22.9. The van der Waals surface area contributed by atoms with Crippen molar-refractivity contribution in [3.63, 3.8) is 0 Å². The number of piperazine rings is 1. The van der Waals surface area contributed by atoms with Crippen molar-refractivity contribution < 1.29 is 33.7 Å². The van der Waals surface area contributed by atoms with E-state index < -0.39 is 23.8 Å². The van der Waals surface area contributed by atoms with Crippen LogP contribution < -0.4 is 20.3 Å². The highest BCUT2D eigenvalue weighted by atomic mass is 16.7. The van der Waals surface area contributed by atoms with Gasteiger partial charge in [-0.1, -0.05) is 13.0 Å². The number of aliphatic hydroxyl groups excluding tert-OH is 1. The quantitative estimate of drug-likeness (QED) is 0.305. The third kappa shape index (κ3) is 8.87. The smallest absolute Gasteiger partial charge is 0.410 e. The fourth-order valence-electron chi connectivity index (χ4n) is 6.15. The van der Waals surface area contributed by atoms with E-state index in [0.29, 0.717) is 68.0 Å². The number of hydrogen-bond acceptors (Lipinski definition) is 10. The van der Waals surface area contributed by atoms with Gasteiger partial charge in [0.2, 0.25) is 5.91 Å². The number of nitrogens with zero attached hydrogens (tertiary/aromatic N) is 4. The summed E-state index contributed by atoms with van der Waals surface area (Å²) in [4.78, 5) is 49.5. The summed E-state index contributed by atoms with van der Waals surface area (Å²) < 4.78 is 16.3. The lowest BCUT2D eigenvalue weighted by molar-refractivity contribution is -0.131. The first kappa shape index (κ1) is 35.2. The molecule has 1 aliphatic carbocycles. The Hall–Kier alpha value is -4.10. The van der Waals surface area contributed by atoms with Gasteiger partial charge in [-0.25, -0.2) is 9.78 Å². The van der Waals surface area contributed by atoms with E-state index >= 15 is 0 Å². The maximum atomic E-state index is 13.6. The largest absolute Gasteiger partial charge is 0.468 e. The van der Waals surface area contributed by atoms with Gasteiger partial charge in [-0.3, -0.25) is 14.5 Å². The van der Waals surface area contributed by atoms with Gasteiger partial charge >= 0.3 is 6.09 Å². The standard InChI is InChI=1S/C35H50N6O7/c1-6-32(43)40-14-12-39(13-15-40)31-19-24(18-30(38-31)37-26-8-7-9-26)33(44)36-20-29(42)28-17-23-10-11-27(47-22-46-5)16-25(23)21-41(28)34(45)48-35(2,3)4/h10-11,16,18-19,26,28-29,42H,6-9,12-15,17,20-22H2,1-5H3,(H,36,44)(H,37,38)/t28?,29-/m1/s1. The molecule has 262 valence electrons. The summed E-state index contributed by atoms with van der Waals surface area (Å²) in [5, 5.41) is 17.8. The van der Waals surface area contributed by atoms with Crippen LogP contribution in [-0.4, -0.2) is 108 Å². The number of aliphatic hydroxyl groups is 1. The molecule has 3 heterocycles. The Kier molecular flexibility index (Phi) is 11.3. The molecule has 1 aromatic heterocycles. The summed E-state index contributed by atoms with van der Waals surface area (Å²) >= 11 is 0. The number of pyridine rings is 1. The van der Waals surface area contributed by atoms with Crippen molar-refractivity contribution >= 4 is 29.5 Å². The summed E-state index contributed by atoms with van der Waals surface area (Å²) in [6, 6.07) is 8.83. The van der Waals surface area contributed by atoms with E-state index in [-0.39, 0.29) is 31.7 Å². The number of ether oxygens (including phenoxy) is 3. The molecule has 2 atom stereocenters. The molecule has 1 saturated carbocycles. The van der Waals surface area contributed by atoms with Crippen LogP contribution in [0.2, 0.25) is 0 Å². The van der Waals surface area contributed by atoms with Gasteiger partial charge in [0, 0.05) is 64.4 Å². The topological polar surface area (TPSA) is 146 Å². The Morgan fingerprint density at radius 1 is 1.06 bits per heavy atom. The fourth-order valence-corrected chi connectivity index (χ4v) is 6.15. The van der Waals surface area contributed by atoms with E-state index in [1.54, 1.807) is 40.0 Å². The molecule has 3 N–H and O–H groups in total. The lowest BCUT2D eigenvalue weighted by atomic mass is 9.91. The maximum Gasteiger partial charge on any atom is 0.410 e. The highest BCUT2D eigenvalue weighted by Gasteiger charge is 2.37. The molecular weight excluding hydrogens is 616 g/mol. The molecule has 3 amide bonds. The van der Waals surface area contributed by atoms with Crippen molar-refractivity contribution in [3.8, 4) is 5.75 Å². The summed E-state index contributed by atoms with van der Waals surface area (Å²) in [6.45, 7) is 9.94. The van der Waals surface area contributed by atoms with Crippen molar-refractivity contribution in [2.75, 3.05) is 56.8 Å². The minimum absolute atomic E-state index is 0.0754. The molecule has 1 saturated heterocycles. The van der Waals surface area contributed by atoms with Crippen molar-refractivity contribution in [2.24, 2.45) is 0 Å². The number of carbonyl (C=O) groups is 3. The molecule has 2 fully saturated rings. The number of fused-ring (bicyclic) bond motifs is 1. The van der Waals surface area contributed by atoms with Gasteiger partial charge < -0.3 is 39.8 Å². The van der Waals surface area contributed by atoms with Crippen LogP contribution in [0.4, 0.5) is 16.4 Å². The van der Waals surface area contributed by atoms with Crippen LogP contribution in [0.3, 0.4) is 0 Å². The number of aromatic nitrogens is 1. The average molecular weight is 667 g/mol. The van der Waals surface area contributed by atoms with Crippen LogP contribution >= 0.6 is 0 Å². The Balaban J connectivity index is 1.30. The lowest BCUT2D eigenvalue weighted by Gasteiger charge is -2.40. The number of methoxy groups -OCH3 is 1. The summed E-state index contributed by atoms with van der Waals surface area (Å²) in [5.41, 5.74) is 1.55. The molecule has 13 nitrogen and oxygen atoms in total. The van der Waals surface area contributed by atoms with Crippen LogP contribution in [0.25, 0.3) is 0 Å². The van der Waals surface area contributed by atoms with Gasteiger partial charge in [0.25, 0.3) is 5.91 Å². The van der Waals surface area contributed by atoms with Gasteiger partial charge in [0.05, 0.1) is 12.1 Å². The average Bonchev–Trinajstić information content (AvgIpc) is 3.05. The van der Waals surface area contributed by atoms with Gasteiger partial charge in [-0.15, -0.1) is 0 Å². The second-order valence-electron chi connectivity index (χ2n) is 13.7. The Morgan fingerprint density at radius 3 is 2.46 bits per heavy atom. The third-order valence-electron chi connectivity index (χ3n) is 9.03. The zero-order valence-corrected chi connectivity index (χ0v) is 28.8. The Bertz CT molecular complexity index is 1450. The third-order valence-corrected chi connectivity index (χ3v) is 9.03. The summed E-state index contributed by atoms with van der Waals surface area (Å²) in [7, 11) is 1.55. The van der Waals surface area contributed by atoms with Gasteiger partial charge in [0.15, 0.2) is 6.79 Å². The molecule has 48 heavy (non-hydrogen) atoms. The predicted molar refractivity (Wildman–Crippen MR) is 181 cm³/mol. The molecule has 0 bridgehead atoms. The number of rotatable bonds is 11. The number of carbonyl (C=O) groups excluding carboxylic acids is 3. The minimum Gasteiger partial charge on any atom is -0.468 e. The predicted octanol–water partition coefficient (Wildman–Crippen LogP) is 3.54. The van der Waals surface area contributed by atoms with E-state index in [0.717, 1.165) is 30.4 Å². The number of benzene rings is 1. The zero-order chi connectivity index (χ0) is 34.4. The zero-order valence-electron chi connectivity index (χ0n) is 28.8. The summed E-state index contributed by atoms with van der Waals surface area (Å²) in [6.07, 6.45) is 2.50. The first-order valence-electron chi connectivity index (χ1n) is 16.9. The maximum absolute atomic E-state index is 13.6. The second-order valence-corrected chi connectivity index (χ2v) is 13.7. The Morgan fingerprint density at radius 2 is 1.81 bits per heavy atom. The van der Waals surface area contributed by atoms with Gasteiger partial charge in [-0.2, -0.15) is 0 Å². The molecule has 13 heteroatoms. The molecule has 2 aromatic rings. The van der Waals surface area contributed by atoms with E-state index in [9.17, 15) is 19.5 Å². The molecule has 5 rings (SSSR count). The van der Waals surface area contributed by atoms with Crippen molar-refractivity contribution in [1.82, 2.24) is 20.1 Å². The van der Waals surface area contributed by atoms with Crippen LogP contribution in [0.5, 0.6) is 5.75 Å². The van der Waals surface area contributed by atoms with Crippen LogP contribution in [0, 0.1) is 0 Å². The van der Waals surface area contributed by atoms with Crippen LogP contribution in [0.1, 0.15) is 74.9 Å². The highest BCUT2D eigenvalue weighted by molar-refractivity contribution is 5.95. The molecule has 1 aromatic carbocycles. The number of amides is 3. The van der Waals surface area contributed by atoms with Crippen LogP contribution in [0.15, 0.2) is 30.3 Å². The Labute approximate surface area is 282 Å². The van der Waals surface area contributed by atoms with E-state index in [1.807, 2.05) is 30.0 Å². The molecular formula is C35H50N6O7. The van der Waals surface area contributed by atoms with E-state index in [1.165, 1.54) is 4.90 Å². The van der Waals surface area contributed by atoms with E-state index in [2.05, 4.69) is 15.5 Å². The van der Waals surface area contributed by atoms with E-state index in [4.69, 9.17) is 19.2 Å². The SMILES string of the molecule is CCC(=O)N1CCN(c2cc(C(=O)NC[C@@H](O)C3Cc4ccc(OCOC)cc4CN3C(=O)OC(C)(C)C)cc(NC3CCC3)n2)CC1. The van der Waals surface area contributed by atoms with Gasteiger partial charge in [0.1, 0.15) is 23.0 Å². The lowest BCUT2D eigenvalue weighted by Crippen LogP contribution is -2.54. The molecule has 3 aliphatic rings. The molecule has 0 radical (unpaired) electrons. The summed E-state index contributed by atoms with van der Waals surface area (Å²) in [5.74, 6) is 1.69. The normalized spacial score (nSPS) is 18.8. The van der Waals surface area contributed by atoms with Crippen molar-refractivity contribution in [2.45, 2.75) is 90.1 Å². The van der Waals surface area contributed by atoms with Crippen molar-refractivity contribution in [1.29, 1.82) is 0 Å². The van der Waals surface area contributed by atoms with Crippen molar-refractivity contribution in [3.05, 3.63) is 47.0 Å². The molecule has 0 spiro atoms. The number of nitrogens with one attached hydrogen (secondary N) is 2. The van der Waals surface area contributed by atoms with Gasteiger partial charge in [-0.05, 0) is 81.8 Å². The van der Waals surface area contributed by atoms with Crippen LogP contribution in [-0.2, 0) is 27.2 Å². The highest BCUT2D eigenvalue weighted by Crippen LogP contribution is 2.30. The molecule has 1 unspecified atom stereocenters. The first-order valence-corrected chi connectivity index (χ1v) is 16.9. The number of anilines is 2. The monoisotopic (exact) mass is 666 g/mol. The molecule has 2 aliphatic heterocycles. The fraction of sp³-hybridized carbons (Fsp3) is 0.600. The minimum atomic E-state index is -1.07.